The zero-order valence-corrected chi connectivity index (χ0v) is 17.1. The van der Waals surface area contributed by atoms with E-state index in [1.165, 1.54) is 12.1 Å². The van der Waals surface area contributed by atoms with Gasteiger partial charge in [0.1, 0.15) is 11.6 Å². The molecular weight excluding hydrogens is 403 g/mol. The van der Waals surface area contributed by atoms with Crippen LogP contribution in [0.3, 0.4) is 0 Å². The Morgan fingerprint density at radius 2 is 1.87 bits per heavy atom. The number of hydrogen-bond donors (Lipinski definition) is 2. The zero-order valence-electron chi connectivity index (χ0n) is 16.3. The van der Waals surface area contributed by atoms with E-state index in [1.54, 1.807) is 24.3 Å². The average molecular weight is 423 g/mol. The molecule has 2 N–H and O–H groups in total. The number of aromatic nitrogens is 2. The third-order valence-corrected chi connectivity index (χ3v) is 5.06. The molecule has 0 aliphatic rings. The predicted octanol–water partition coefficient (Wildman–Crippen LogP) is 5.63. The van der Waals surface area contributed by atoms with Crippen molar-refractivity contribution in [1.29, 1.82) is 0 Å². The number of urea groups is 1. The normalized spacial score (nSPS) is 10.9. The van der Waals surface area contributed by atoms with Crippen LogP contribution in [0.4, 0.5) is 14.9 Å². The van der Waals surface area contributed by atoms with Gasteiger partial charge in [0, 0.05) is 29.4 Å². The van der Waals surface area contributed by atoms with Crippen molar-refractivity contribution >= 4 is 34.4 Å². The van der Waals surface area contributed by atoms with Gasteiger partial charge in [0.05, 0.1) is 11.0 Å². The number of imidazole rings is 1. The molecule has 0 fully saturated rings. The fourth-order valence-corrected chi connectivity index (χ4v) is 3.47. The third kappa shape index (κ3) is 4.28. The fourth-order valence-electron chi connectivity index (χ4n) is 3.30. The highest BCUT2D eigenvalue weighted by atomic mass is 35.5. The number of nitrogens with one attached hydrogen (secondary N) is 2. The van der Waals surface area contributed by atoms with Gasteiger partial charge < -0.3 is 15.2 Å². The van der Waals surface area contributed by atoms with Crippen molar-refractivity contribution in [3.8, 4) is 11.4 Å². The zero-order chi connectivity index (χ0) is 21.1. The molecule has 1 aromatic heterocycles. The Balaban J connectivity index is 1.51. The number of para-hydroxylation sites is 2. The molecule has 2 amide bonds. The predicted molar refractivity (Wildman–Crippen MR) is 118 cm³/mol. The minimum atomic E-state index is -0.312. The molecule has 0 aliphatic carbocycles. The largest absolute Gasteiger partial charge is 0.336 e. The molecular formula is C23H20ClFN4O. The summed E-state index contributed by atoms with van der Waals surface area (Å²) in [5, 5.41) is 6.25. The molecule has 0 spiro atoms. The molecule has 7 heteroatoms. The topological polar surface area (TPSA) is 59.0 Å². The van der Waals surface area contributed by atoms with E-state index in [-0.39, 0.29) is 11.8 Å². The summed E-state index contributed by atoms with van der Waals surface area (Å²) < 4.78 is 15.4. The van der Waals surface area contributed by atoms with Gasteiger partial charge in [-0.15, -0.1) is 0 Å². The third-order valence-electron chi connectivity index (χ3n) is 4.83. The second-order valence-corrected chi connectivity index (χ2v) is 7.36. The van der Waals surface area contributed by atoms with Crippen LogP contribution in [0.2, 0.25) is 5.02 Å². The lowest BCUT2D eigenvalue weighted by Crippen LogP contribution is -2.31. The second-order valence-electron chi connectivity index (χ2n) is 6.92. The molecule has 4 aromatic rings. The molecule has 0 saturated heterocycles. The van der Waals surface area contributed by atoms with Gasteiger partial charge in [-0.05, 0) is 61.0 Å². The molecule has 0 saturated carbocycles. The smallest absolute Gasteiger partial charge is 0.319 e. The Morgan fingerprint density at radius 3 is 2.67 bits per heavy atom. The fraction of sp³-hybridized carbons (Fsp3) is 0.130. The molecule has 1 heterocycles. The summed E-state index contributed by atoms with van der Waals surface area (Å²) in [6.07, 6.45) is 0. The van der Waals surface area contributed by atoms with Gasteiger partial charge in [-0.25, -0.2) is 14.2 Å². The molecule has 0 atom stereocenters. The first-order valence-corrected chi connectivity index (χ1v) is 9.91. The maximum atomic E-state index is 13.3. The number of halogens is 2. The first kappa shape index (κ1) is 19.9. The van der Waals surface area contributed by atoms with Crippen molar-refractivity contribution < 1.29 is 9.18 Å². The molecule has 0 radical (unpaired) electrons. The molecule has 5 nitrogen and oxygen atoms in total. The van der Waals surface area contributed by atoms with Gasteiger partial charge in [-0.1, -0.05) is 29.8 Å². The van der Waals surface area contributed by atoms with E-state index >= 15 is 0 Å². The maximum Gasteiger partial charge on any atom is 0.319 e. The SMILES string of the molecule is Cc1ccc(Cl)cc1NC(=O)NCCn1c(-c2ccc(F)cc2)nc2ccccc21. The highest BCUT2D eigenvalue weighted by molar-refractivity contribution is 6.31. The van der Waals surface area contributed by atoms with E-state index in [0.717, 1.165) is 28.0 Å². The lowest BCUT2D eigenvalue weighted by atomic mass is 10.2. The highest BCUT2D eigenvalue weighted by Gasteiger charge is 2.13. The number of anilines is 1. The Kier molecular flexibility index (Phi) is 5.68. The van der Waals surface area contributed by atoms with Crippen LogP contribution < -0.4 is 10.6 Å². The number of nitrogens with zero attached hydrogens (tertiary/aromatic N) is 2. The number of fused-ring (bicyclic) bond motifs is 1. The number of benzene rings is 3. The summed E-state index contributed by atoms with van der Waals surface area (Å²) in [4.78, 5) is 17.0. The number of amides is 2. The molecule has 30 heavy (non-hydrogen) atoms. The Bertz CT molecular complexity index is 1200. The summed E-state index contributed by atoms with van der Waals surface area (Å²) >= 11 is 6.01. The first-order valence-electron chi connectivity index (χ1n) is 9.53. The standard InChI is InChI=1S/C23H20ClFN4O/c1-15-6-9-17(24)14-20(15)28-23(30)26-12-13-29-21-5-3-2-4-19(21)27-22(29)16-7-10-18(25)11-8-16/h2-11,14H,12-13H2,1H3,(H2,26,28,30). The summed E-state index contributed by atoms with van der Waals surface area (Å²) in [6, 6.07) is 19.0. The minimum Gasteiger partial charge on any atom is -0.336 e. The van der Waals surface area contributed by atoms with E-state index in [2.05, 4.69) is 10.6 Å². The second kappa shape index (κ2) is 8.55. The molecule has 0 bridgehead atoms. The van der Waals surface area contributed by atoms with E-state index < -0.39 is 0 Å². The van der Waals surface area contributed by atoms with Gasteiger partial charge in [0.2, 0.25) is 0 Å². The van der Waals surface area contributed by atoms with Crippen LogP contribution in [0, 0.1) is 12.7 Å². The Labute approximate surface area is 178 Å². The van der Waals surface area contributed by atoms with Crippen LogP contribution in [0.1, 0.15) is 5.56 Å². The van der Waals surface area contributed by atoms with Crippen molar-refractivity contribution in [3.05, 3.63) is 83.1 Å². The van der Waals surface area contributed by atoms with Crippen molar-refractivity contribution in [2.24, 2.45) is 0 Å². The summed E-state index contributed by atoms with van der Waals surface area (Å²) in [6.45, 7) is 2.80. The summed E-state index contributed by atoms with van der Waals surface area (Å²) in [5.74, 6) is 0.431. The van der Waals surface area contributed by atoms with Crippen molar-refractivity contribution in [2.75, 3.05) is 11.9 Å². The van der Waals surface area contributed by atoms with E-state index in [1.807, 2.05) is 41.8 Å². The molecule has 3 aromatic carbocycles. The first-order chi connectivity index (χ1) is 14.5. The number of aryl methyl sites for hydroxylation is 1. The van der Waals surface area contributed by atoms with Crippen LogP contribution in [-0.4, -0.2) is 22.1 Å². The molecule has 0 aliphatic heterocycles. The lowest BCUT2D eigenvalue weighted by Gasteiger charge is -2.12. The van der Waals surface area contributed by atoms with Crippen LogP contribution >= 0.6 is 11.6 Å². The van der Waals surface area contributed by atoms with Crippen LogP contribution in [-0.2, 0) is 6.54 Å². The number of carbonyl (C=O) groups is 1. The van der Waals surface area contributed by atoms with Crippen LogP contribution in [0.15, 0.2) is 66.7 Å². The number of carbonyl (C=O) groups excluding carboxylic acids is 1. The van der Waals surface area contributed by atoms with Gasteiger partial charge in [0.25, 0.3) is 0 Å². The number of rotatable bonds is 5. The van der Waals surface area contributed by atoms with Crippen LogP contribution in [0.25, 0.3) is 22.4 Å². The Morgan fingerprint density at radius 1 is 1.10 bits per heavy atom. The lowest BCUT2D eigenvalue weighted by molar-refractivity contribution is 0.251. The quantitative estimate of drug-likeness (QED) is 0.438. The van der Waals surface area contributed by atoms with Gasteiger partial charge >= 0.3 is 6.03 Å². The van der Waals surface area contributed by atoms with Gasteiger partial charge in [-0.3, -0.25) is 0 Å². The number of hydrogen-bond acceptors (Lipinski definition) is 2. The van der Waals surface area contributed by atoms with E-state index in [0.29, 0.717) is 23.8 Å². The molecule has 152 valence electrons. The summed E-state index contributed by atoms with van der Waals surface area (Å²) in [7, 11) is 0. The minimum absolute atomic E-state index is 0.295. The average Bonchev–Trinajstić information content (AvgIpc) is 3.10. The van der Waals surface area contributed by atoms with Crippen molar-refractivity contribution in [1.82, 2.24) is 14.9 Å². The van der Waals surface area contributed by atoms with Crippen LogP contribution in [0.5, 0.6) is 0 Å². The van der Waals surface area contributed by atoms with E-state index in [4.69, 9.17) is 16.6 Å². The van der Waals surface area contributed by atoms with Crippen molar-refractivity contribution in [3.63, 3.8) is 0 Å². The molecule has 0 unspecified atom stereocenters. The maximum absolute atomic E-state index is 13.3. The molecule has 4 rings (SSSR count). The monoisotopic (exact) mass is 422 g/mol. The van der Waals surface area contributed by atoms with Gasteiger partial charge in [0.15, 0.2) is 0 Å². The highest BCUT2D eigenvalue weighted by Crippen LogP contribution is 2.25. The summed E-state index contributed by atoms with van der Waals surface area (Å²) in [5.41, 5.74) is 4.20. The van der Waals surface area contributed by atoms with E-state index in [9.17, 15) is 9.18 Å². The van der Waals surface area contributed by atoms with Gasteiger partial charge in [-0.2, -0.15) is 0 Å². The Hall–Kier alpha value is -3.38. The van der Waals surface area contributed by atoms with Crippen molar-refractivity contribution in [2.45, 2.75) is 13.5 Å².